The van der Waals surface area contributed by atoms with Crippen LogP contribution in [-0.4, -0.2) is 64.4 Å². The molecule has 1 heterocycles. The highest BCUT2D eigenvalue weighted by molar-refractivity contribution is 14.0. The Morgan fingerprint density at radius 1 is 1.16 bits per heavy atom. The van der Waals surface area contributed by atoms with Gasteiger partial charge in [0.25, 0.3) is 0 Å². The lowest BCUT2D eigenvalue weighted by Crippen LogP contribution is -2.46. The van der Waals surface area contributed by atoms with Crippen LogP contribution in [0.4, 0.5) is 4.39 Å². The number of halogens is 2. The quantitative estimate of drug-likeness (QED) is 0.296. The number of hydrogen-bond donors (Lipinski definition) is 2. The summed E-state index contributed by atoms with van der Waals surface area (Å²) in [6.45, 7) is 6.60. The summed E-state index contributed by atoms with van der Waals surface area (Å²) in [6.07, 6.45) is 0.830. The van der Waals surface area contributed by atoms with Gasteiger partial charge < -0.3 is 20.1 Å². The second kappa shape index (κ2) is 13.6. The third kappa shape index (κ3) is 7.60. The van der Waals surface area contributed by atoms with Gasteiger partial charge in [0.05, 0.1) is 26.4 Å². The summed E-state index contributed by atoms with van der Waals surface area (Å²) >= 11 is 0. The summed E-state index contributed by atoms with van der Waals surface area (Å²) in [5.41, 5.74) is 3.46. The SMILES string of the molecule is CN=C(NCCc1cc(C)ccc1OC)NCC(c1ccc(F)cc1)N1CCOCC1.I. The molecule has 1 aliphatic rings. The second-order valence-electron chi connectivity index (χ2n) is 7.66. The molecule has 1 unspecified atom stereocenters. The van der Waals surface area contributed by atoms with E-state index in [0.29, 0.717) is 19.8 Å². The molecule has 1 fully saturated rings. The molecule has 0 spiro atoms. The molecule has 0 aromatic heterocycles. The number of nitrogens with one attached hydrogen (secondary N) is 2. The Hall–Kier alpha value is -1.91. The Labute approximate surface area is 207 Å². The first-order valence-electron chi connectivity index (χ1n) is 10.8. The number of nitrogens with zero attached hydrogens (tertiary/aromatic N) is 2. The largest absolute Gasteiger partial charge is 0.496 e. The van der Waals surface area contributed by atoms with Crippen molar-refractivity contribution in [2.45, 2.75) is 19.4 Å². The van der Waals surface area contributed by atoms with Crippen LogP contribution in [-0.2, 0) is 11.2 Å². The lowest BCUT2D eigenvalue weighted by atomic mass is 10.0. The fraction of sp³-hybridized carbons (Fsp3) is 0.458. The van der Waals surface area contributed by atoms with Crippen molar-refractivity contribution < 1.29 is 13.9 Å². The number of aliphatic imine (C=N–C) groups is 1. The van der Waals surface area contributed by atoms with Gasteiger partial charge in [-0.2, -0.15) is 0 Å². The molecule has 2 N–H and O–H groups in total. The standard InChI is InChI=1S/C24H33FN4O2.HI/c1-18-4-9-23(30-3)20(16-18)10-11-27-24(26-2)28-17-22(29-12-14-31-15-13-29)19-5-7-21(25)8-6-19;/h4-9,16,22H,10-15,17H2,1-3H3,(H2,26,27,28);1H. The van der Waals surface area contributed by atoms with E-state index in [2.05, 4.69) is 39.6 Å². The molecule has 0 amide bonds. The first-order chi connectivity index (χ1) is 15.1. The maximum absolute atomic E-state index is 13.4. The predicted octanol–water partition coefficient (Wildman–Crippen LogP) is 3.54. The normalized spacial score (nSPS) is 15.6. The van der Waals surface area contributed by atoms with Crippen molar-refractivity contribution in [2.75, 3.05) is 53.6 Å². The Bertz CT molecular complexity index is 858. The number of hydrogen-bond acceptors (Lipinski definition) is 4. The van der Waals surface area contributed by atoms with Gasteiger partial charge in [-0.1, -0.05) is 29.8 Å². The van der Waals surface area contributed by atoms with E-state index in [1.807, 2.05) is 18.2 Å². The van der Waals surface area contributed by atoms with Gasteiger partial charge in [-0.3, -0.25) is 9.89 Å². The minimum Gasteiger partial charge on any atom is -0.496 e. The molecule has 1 saturated heterocycles. The minimum atomic E-state index is -0.221. The zero-order chi connectivity index (χ0) is 22.1. The van der Waals surface area contributed by atoms with E-state index >= 15 is 0 Å². The van der Waals surface area contributed by atoms with E-state index in [4.69, 9.17) is 9.47 Å². The van der Waals surface area contributed by atoms with Crippen molar-refractivity contribution in [1.29, 1.82) is 0 Å². The Morgan fingerprint density at radius 3 is 2.53 bits per heavy atom. The molecule has 6 nitrogen and oxygen atoms in total. The molecule has 8 heteroatoms. The van der Waals surface area contributed by atoms with Crippen LogP contribution in [0.5, 0.6) is 5.75 Å². The summed E-state index contributed by atoms with van der Waals surface area (Å²) in [4.78, 5) is 6.73. The molecule has 0 radical (unpaired) electrons. The smallest absolute Gasteiger partial charge is 0.191 e. The van der Waals surface area contributed by atoms with Crippen LogP contribution in [0.3, 0.4) is 0 Å². The van der Waals surface area contributed by atoms with Crippen LogP contribution < -0.4 is 15.4 Å². The third-order valence-corrected chi connectivity index (χ3v) is 5.55. The van der Waals surface area contributed by atoms with Gasteiger partial charge in [-0.05, 0) is 42.7 Å². The molecular formula is C24H34FIN4O2. The van der Waals surface area contributed by atoms with Gasteiger partial charge in [-0.15, -0.1) is 24.0 Å². The number of rotatable bonds is 8. The molecule has 2 aromatic carbocycles. The summed E-state index contributed by atoms with van der Waals surface area (Å²) < 4.78 is 24.4. The third-order valence-electron chi connectivity index (χ3n) is 5.55. The molecule has 32 heavy (non-hydrogen) atoms. The molecule has 0 bridgehead atoms. The lowest BCUT2D eigenvalue weighted by Gasteiger charge is -2.35. The first-order valence-corrected chi connectivity index (χ1v) is 10.8. The van der Waals surface area contributed by atoms with Gasteiger partial charge in [0.2, 0.25) is 0 Å². The second-order valence-corrected chi connectivity index (χ2v) is 7.66. The molecule has 3 rings (SSSR count). The Balaban J connectivity index is 0.00000363. The molecule has 1 atom stereocenters. The minimum absolute atomic E-state index is 0. The molecular weight excluding hydrogens is 522 g/mol. The van der Waals surface area contributed by atoms with Crippen LogP contribution in [0.15, 0.2) is 47.5 Å². The average molecular weight is 556 g/mol. The van der Waals surface area contributed by atoms with E-state index < -0.39 is 0 Å². The van der Waals surface area contributed by atoms with Crippen molar-refractivity contribution in [1.82, 2.24) is 15.5 Å². The van der Waals surface area contributed by atoms with Gasteiger partial charge in [-0.25, -0.2) is 4.39 Å². The van der Waals surface area contributed by atoms with Crippen molar-refractivity contribution in [3.63, 3.8) is 0 Å². The Morgan fingerprint density at radius 2 is 1.88 bits per heavy atom. The van der Waals surface area contributed by atoms with E-state index in [-0.39, 0.29) is 35.8 Å². The van der Waals surface area contributed by atoms with Gasteiger partial charge in [0.15, 0.2) is 5.96 Å². The van der Waals surface area contributed by atoms with Crippen LogP contribution in [0, 0.1) is 12.7 Å². The average Bonchev–Trinajstić information content (AvgIpc) is 2.80. The number of morpholine rings is 1. The van der Waals surface area contributed by atoms with Crippen molar-refractivity contribution in [3.8, 4) is 5.75 Å². The van der Waals surface area contributed by atoms with E-state index in [0.717, 1.165) is 43.3 Å². The fourth-order valence-corrected chi connectivity index (χ4v) is 3.86. The van der Waals surface area contributed by atoms with Gasteiger partial charge in [0.1, 0.15) is 11.6 Å². The molecule has 2 aromatic rings. The maximum atomic E-state index is 13.4. The highest BCUT2D eigenvalue weighted by Gasteiger charge is 2.23. The number of aryl methyl sites for hydroxylation is 1. The first kappa shape index (κ1) is 26.3. The molecule has 0 aliphatic carbocycles. The summed E-state index contributed by atoms with van der Waals surface area (Å²) in [6, 6.07) is 13.1. The van der Waals surface area contributed by atoms with E-state index in [1.165, 1.54) is 23.3 Å². The molecule has 1 aliphatic heterocycles. The van der Waals surface area contributed by atoms with Crippen molar-refractivity contribution >= 4 is 29.9 Å². The van der Waals surface area contributed by atoms with Gasteiger partial charge >= 0.3 is 0 Å². The zero-order valence-electron chi connectivity index (χ0n) is 19.1. The number of benzene rings is 2. The number of methoxy groups -OCH3 is 1. The van der Waals surface area contributed by atoms with E-state index in [1.54, 1.807) is 14.2 Å². The topological polar surface area (TPSA) is 58.1 Å². The fourth-order valence-electron chi connectivity index (χ4n) is 3.86. The lowest BCUT2D eigenvalue weighted by molar-refractivity contribution is 0.0170. The number of guanidine groups is 1. The summed E-state index contributed by atoms with van der Waals surface area (Å²) in [7, 11) is 3.47. The van der Waals surface area contributed by atoms with Gasteiger partial charge in [0, 0.05) is 33.2 Å². The monoisotopic (exact) mass is 556 g/mol. The van der Waals surface area contributed by atoms with Crippen LogP contribution >= 0.6 is 24.0 Å². The van der Waals surface area contributed by atoms with Crippen LogP contribution in [0.1, 0.15) is 22.7 Å². The maximum Gasteiger partial charge on any atom is 0.191 e. The highest BCUT2D eigenvalue weighted by Crippen LogP contribution is 2.22. The van der Waals surface area contributed by atoms with Crippen molar-refractivity contribution in [2.24, 2.45) is 4.99 Å². The molecule has 176 valence electrons. The zero-order valence-corrected chi connectivity index (χ0v) is 21.4. The van der Waals surface area contributed by atoms with Crippen LogP contribution in [0.25, 0.3) is 0 Å². The number of ether oxygens (including phenoxy) is 2. The summed E-state index contributed by atoms with van der Waals surface area (Å²) in [5, 5.41) is 6.83. The Kier molecular flexibility index (Phi) is 11.2. The van der Waals surface area contributed by atoms with Crippen LogP contribution in [0.2, 0.25) is 0 Å². The molecule has 0 saturated carbocycles. The predicted molar refractivity (Wildman–Crippen MR) is 138 cm³/mol. The van der Waals surface area contributed by atoms with Crippen molar-refractivity contribution in [3.05, 3.63) is 65.0 Å². The van der Waals surface area contributed by atoms with E-state index in [9.17, 15) is 4.39 Å². The highest BCUT2D eigenvalue weighted by atomic mass is 127. The summed E-state index contributed by atoms with van der Waals surface area (Å²) in [5.74, 6) is 1.42.